The van der Waals surface area contributed by atoms with Crippen molar-refractivity contribution in [2.45, 2.75) is 45.2 Å². The maximum absolute atomic E-state index is 12.9. The van der Waals surface area contributed by atoms with Crippen LogP contribution in [-0.4, -0.2) is 34.3 Å². The van der Waals surface area contributed by atoms with Crippen molar-refractivity contribution in [2.75, 3.05) is 13.6 Å². The van der Waals surface area contributed by atoms with E-state index in [1.807, 2.05) is 0 Å². The minimum absolute atomic E-state index is 0. The van der Waals surface area contributed by atoms with Crippen molar-refractivity contribution in [1.29, 1.82) is 0 Å². The summed E-state index contributed by atoms with van der Waals surface area (Å²) in [5, 5.41) is 15.2. The third-order valence-electron chi connectivity index (χ3n) is 4.42. The van der Waals surface area contributed by atoms with Crippen LogP contribution in [0.25, 0.3) is 0 Å². The molecule has 0 unspecified atom stereocenters. The molecule has 2 aromatic rings. The predicted molar refractivity (Wildman–Crippen MR) is 111 cm³/mol. The van der Waals surface area contributed by atoms with E-state index in [9.17, 15) is 4.39 Å². The number of halogens is 2. The Balaban J connectivity index is 0.00000243. The molecule has 0 radical (unpaired) electrons. The molecule has 0 bridgehead atoms. The lowest BCUT2D eigenvalue weighted by molar-refractivity contribution is 0.600. The van der Waals surface area contributed by atoms with Crippen LogP contribution < -0.4 is 10.6 Å². The molecule has 0 amide bonds. The first-order chi connectivity index (χ1) is 12.3. The van der Waals surface area contributed by atoms with E-state index in [0.29, 0.717) is 6.54 Å². The Hall–Kier alpha value is -1.71. The minimum atomic E-state index is -0.223. The molecule has 1 aromatic carbocycles. The molecule has 1 aliphatic rings. The highest BCUT2D eigenvalue weighted by molar-refractivity contribution is 14.0. The van der Waals surface area contributed by atoms with E-state index in [4.69, 9.17) is 0 Å². The first kappa shape index (κ1) is 20.6. The summed E-state index contributed by atoms with van der Waals surface area (Å²) >= 11 is 0. The number of hydrogen-bond acceptors (Lipinski definition) is 3. The van der Waals surface area contributed by atoms with Gasteiger partial charge in [0.15, 0.2) is 5.96 Å². The van der Waals surface area contributed by atoms with Crippen molar-refractivity contribution in [3.8, 4) is 0 Å². The molecule has 0 fully saturated rings. The molecule has 0 saturated carbocycles. The molecule has 2 heterocycles. The summed E-state index contributed by atoms with van der Waals surface area (Å²) in [7, 11) is 1.74. The Labute approximate surface area is 170 Å². The third kappa shape index (κ3) is 5.65. The molecule has 142 valence electrons. The van der Waals surface area contributed by atoms with Crippen molar-refractivity contribution in [3.05, 3.63) is 47.3 Å². The first-order valence-corrected chi connectivity index (χ1v) is 8.86. The maximum atomic E-state index is 12.9. The Kier molecular flexibility index (Phi) is 8.27. The quantitative estimate of drug-likeness (QED) is 0.399. The van der Waals surface area contributed by atoms with Crippen LogP contribution in [0.3, 0.4) is 0 Å². The van der Waals surface area contributed by atoms with Gasteiger partial charge in [0.05, 0.1) is 0 Å². The van der Waals surface area contributed by atoms with Gasteiger partial charge in [-0.05, 0) is 30.5 Å². The van der Waals surface area contributed by atoms with Crippen molar-refractivity contribution < 1.29 is 4.39 Å². The zero-order valence-corrected chi connectivity index (χ0v) is 17.4. The Morgan fingerprint density at radius 3 is 2.73 bits per heavy atom. The third-order valence-corrected chi connectivity index (χ3v) is 4.42. The summed E-state index contributed by atoms with van der Waals surface area (Å²) < 4.78 is 15.2. The van der Waals surface area contributed by atoms with Gasteiger partial charge in [0, 0.05) is 39.5 Å². The normalized spacial score (nSPS) is 14.2. The lowest BCUT2D eigenvalue weighted by Gasteiger charge is -2.12. The number of fused-ring (bicyclic) bond motifs is 1. The average Bonchev–Trinajstić information content (AvgIpc) is 2.86. The number of hydrogen-bond donors (Lipinski definition) is 2. The maximum Gasteiger partial charge on any atom is 0.191 e. The van der Waals surface area contributed by atoms with Crippen LogP contribution in [-0.2, 0) is 25.9 Å². The van der Waals surface area contributed by atoms with Crippen molar-refractivity contribution in [1.82, 2.24) is 25.4 Å². The highest BCUT2D eigenvalue weighted by Gasteiger charge is 2.14. The molecule has 0 aliphatic carbocycles. The van der Waals surface area contributed by atoms with Crippen LogP contribution in [0.5, 0.6) is 0 Å². The molecule has 6 nitrogen and oxygen atoms in total. The molecule has 2 N–H and O–H groups in total. The van der Waals surface area contributed by atoms with E-state index in [1.165, 1.54) is 31.4 Å². The van der Waals surface area contributed by atoms with E-state index >= 15 is 0 Å². The molecule has 0 saturated heterocycles. The number of nitrogens with one attached hydrogen (secondary N) is 2. The summed E-state index contributed by atoms with van der Waals surface area (Å²) in [6.07, 6.45) is 5.51. The van der Waals surface area contributed by atoms with Crippen LogP contribution in [0.4, 0.5) is 4.39 Å². The van der Waals surface area contributed by atoms with Gasteiger partial charge in [0.25, 0.3) is 0 Å². The molecule has 0 spiro atoms. The SMILES string of the molecule is CN=C(NCCc1nnc2n1CCCCC2)NCc1ccc(F)cc1.I. The van der Waals surface area contributed by atoms with Crippen LogP contribution in [0.15, 0.2) is 29.3 Å². The minimum Gasteiger partial charge on any atom is -0.356 e. The number of aliphatic imine (C=N–C) groups is 1. The van der Waals surface area contributed by atoms with Gasteiger partial charge in [-0.3, -0.25) is 4.99 Å². The highest BCUT2D eigenvalue weighted by Crippen LogP contribution is 2.14. The van der Waals surface area contributed by atoms with Gasteiger partial charge in [-0.25, -0.2) is 4.39 Å². The van der Waals surface area contributed by atoms with Gasteiger partial charge < -0.3 is 15.2 Å². The van der Waals surface area contributed by atoms with Crippen molar-refractivity contribution >= 4 is 29.9 Å². The van der Waals surface area contributed by atoms with Crippen LogP contribution in [0.1, 0.15) is 36.5 Å². The standard InChI is InChI=1S/C18H25FN6.HI/c1-20-18(22-13-14-6-8-15(19)9-7-14)21-11-10-17-24-23-16-5-3-2-4-12-25(16)17;/h6-9H,2-5,10-13H2,1H3,(H2,20,21,22);1H. The fourth-order valence-corrected chi connectivity index (χ4v) is 3.03. The zero-order valence-electron chi connectivity index (χ0n) is 15.0. The number of nitrogens with zero attached hydrogens (tertiary/aromatic N) is 4. The Bertz CT molecular complexity index is 713. The lowest BCUT2D eigenvalue weighted by atomic mass is 10.2. The van der Waals surface area contributed by atoms with Crippen LogP contribution in [0, 0.1) is 5.82 Å². The van der Waals surface area contributed by atoms with Crippen LogP contribution in [0.2, 0.25) is 0 Å². The number of guanidine groups is 1. The van der Waals surface area contributed by atoms with Gasteiger partial charge in [0.1, 0.15) is 17.5 Å². The Morgan fingerprint density at radius 1 is 1.15 bits per heavy atom. The molecule has 0 atom stereocenters. The van der Waals surface area contributed by atoms with E-state index in [-0.39, 0.29) is 29.8 Å². The van der Waals surface area contributed by atoms with E-state index in [2.05, 4.69) is 30.4 Å². The lowest BCUT2D eigenvalue weighted by Crippen LogP contribution is -2.38. The smallest absolute Gasteiger partial charge is 0.191 e. The number of rotatable bonds is 5. The second-order valence-electron chi connectivity index (χ2n) is 6.22. The molecule has 3 rings (SSSR count). The number of benzene rings is 1. The fourth-order valence-electron chi connectivity index (χ4n) is 3.03. The number of aryl methyl sites for hydroxylation is 1. The summed E-state index contributed by atoms with van der Waals surface area (Å²) in [5.74, 6) is 2.66. The van der Waals surface area contributed by atoms with Gasteiger partial charge in [-0.1, -0.05) is 18.6 Å². The predicted octanol–water partition coefficient (Wildman–Crippen LogP) is 2.67. The topological polar surface area (TPSA) is 67.1 Å². The van der Waals surface area contributed by atoms with Gasteiger partial charge in [0.2, 0.25) is 0 Å². The summed E-state index contributed by atoms with van der Waals surface area (Å²) in [5.41, 5.74) is 1.01. The molecule has 8 heteroatoms. The van der Waals surface area contributed by atoms with Crippen LogP contribution >= 0.6 is 24.0 Å². The zero-order chi connectivity index (χ0) is 17.5. The summed E-state index contributed by atoms with van der Waals surface area (Å²) in [6, 6.07) is 6.45. The monoisotopic (exact) mass is 472 g/mol. The second kappa shape index (κ2) is 10.4. The van der Waals surface area contributed by atoms with Gasteiger partial charge in [-0.15, -0.1) is 34.2 Å². The number of aromatic nitrogens is 3. The van der Waals surface area contributed by atoms with E-state index < -0.39 is 0 Å². The molecule has 1 aromatic heterocycles. The van der Waals surface area contributed by atoms with E-state index in [1.54, 1.807) is 19.2 Å². The van der Waals surface area contributed by atoms with Gasteiger partial charge >= 0.3 is 0 Å². The molecular weight excluding hydrogens is 446 g/mol. The van der Waals surface area contributed by atoms with E-state index in [0.717, 1.165) is 49.1 Å². The largest absolute Gasteiger partial charge is 0.356 e. The fraction of sp³-hybridized carbons (Fsp3) is 0.500. The Morgan fingerprint density at radius 2 is 1.96 bits per heavy atom. The average molecular weight is 472 g/mol. The summed E-state index contributed by atoms with van der Waals surface area (Å²) in [6.45, 7) is 2.36. The first-order valence-electron chi connectivity index (χ1n) is 8.86. The van der Waals surface area contributed by atoms with Gasteiger partial charge in [-0.2, -0.15) is 0 Å². The summed E-state index contributed by atoms with van der Waals surface area (Å²) in [4.78, 5) is 4.22. The van der Waals surface area contributed by atoms with Crippen molar-refractivity contribution in [3.63, 3.8) is 0 Å². The molecule has 1 aliphatic heterocycles. The van der Waals surface area contributed by atoms with Crippen molar-refractivity contribution in [2.24, 2.45) is 4.99 Å². The molecular formula is C18H26FIN6. The highest BCUT2D eigenvalue weighted by atomic mass is 127. The molecule has 26 heavy (non-hydrogen) atoms. The second-order valence-corrected chi connectivity index (χ2v) is 6.22.